The van der Waals surface area contributed by atoms with Gasteiger partial charge in [0.25, 0.3) is 0 Å². The molecule has 0 aliphatic heterocycles. The van der Waals surface area contributed by atoms with Gasteiger partial charge in [0.2, 0.25) is 0 Å². The molecule has 0 bridgehead atoms. The second-order valence-corrected chi connectivity index (χ2v) is 5.09. The van der Waals surface area contributed by atoms with E-state index in [9.17, 15) is 15.3 Å². The van der Waals surface area contributed by atoms with Crippen LogP contribution in [0.3, 0.4) is 0 Å². The number of phenols is 3. The number of thioether (sulfide) groups is 1. The van der Waals surface area contributed by atoms with Gasteiger partial charge in [-0.05, 0) is 30.7 Å². The molecule has 0 saturated carbocycles. The van der Waals surface area contributed by atoms with Crippen LogP contribution in [0.2, 0.25) is 0 Å². The van der Waals surface area contributed by atoms with E-state index < -0.39 is 0 Å². The summed E-state index contributed by atoms with van der Waals surface area (Å²) in [5.41, 5.74) is 1.72. The van der Waals surface area contributed by atoms with E-state index in [0.717, 1.165) is 16.0 Å². The highest BCUT2D eigenvalue weighted by molar-refractivity contribution is 7.98. The number of aryl methyl sites for hydroxylation is 1. The first-order valence-corrected chi connectivity index (χ1v) is 6.48. The van der Waals surface area contributed by atoms with Crippen LogP contribution in [-0.2, 0) is 5.75 Å². The summed E-state index contributed by atoms with van der Waals surface area (Å²) in [4.78, 5) is 0.771. The van der Waals surface area contributed by atoms with Gasteiger partial charge in [-0.3, -0.25) is 0 Å². The molecule has 0 radical (unpaired) electrons. The fourth-order valence-electron chi connectivity index (χ4n) is 1.58. The average Bonchev–Trinajstić information content (AvgIpc) is 2.30. The van der Waals surface area contributed by atoms with Gasteiger partial charge in [0.15, 0.2) is 0 Å². The fraction of sp³-hybridized carbons (Fsp3) is 0.143. The summed E-state index contributed by atoms with van der Waals surface area (Å²) in [5, 5.41) is 28.6. The highest BCUT2D eigenvalue weighted by atomic mass is 32.2. The van der Waals surface area contributed by atoms with Crippen molar-refractivity contribution in [2.45, 2.75) is 17.6 Å². The van der Waals surface area contributed by atoms with Crippen LogP contribution in [0.1, 0.15) is 11.1 Å². The smallest absolute Gasteiger partial charge is 0.129 e. The van der Waals surface area contributed by atoms with Gasteiger partial charge in [-0.2, -0.15) is 0 Å². The minimum absolute atomic E-state index is 0.0411. The Morgan fingerprint density at radius 2 is 1.72 bits per heavy atom. The number of aromatic hydroxyl groups is 3. The fourth-order valence-corrected chi connectivity index (χ4v) is 2.51. The van der Waals surface area contributed by atoms with Crippen LogP contribution in [0.25, 0.3) is 0 Å². The molecule has 2 aromatic rings. The lowest BCUT2D eigenvalue weighted by Gasteiger charge is -2.07. The van der Waals surface area contributed by atoms with Crippen molar-refractivity contribution in [3.8, 4) is 17.2 Å². The van der Waals surface area contributed by atoms with Crippen molar-refractivity contribution < 1.29 is 15.3 Å². The van der Waals surface area contributed by atoms with Gasteiger partial charge in [0.1, 0.15) is 17.2 Å². The molecule has 0 fully saturated rings. The molecule has 0 saturated heterocycles. The summed E-state index contributed by atoms with van der Waals surface area (Å²) < 4.78 is 0. The van der Waals surface area contributed by atoms with Gasteiger partial charge in [-0.25, -0.2) is 0 Å². The van der Waals surface area contributed by atoms with Gasteiger partial charge < -0.3 is 15.3 Å². The zero-order valence-electron chi connectivity index (χ0n) is 9.92. The van der Waals surface area contributed by atoms with Gasteiger partial charge in [0.05, 0.1) is 0 Å². The standard InChI is InChI=1S/C14H14O3S/c1-9-2-5-14(13(17)6-9)18-8-10-3-4-11(15)7-12(10)16/h2-7,15-17H,8H2,1H3. The molecule has 0 aliphatic rings. The third-order valence-corrected chi connectivity index (χ3v) is 3.68. The number of hydrogen-bond donors (Lipinski definition) is 3. The van der Waals surface area contributed by atoms with Crippen molar-refractivity contribution in [3.63, 3.8) is 0 Å². The Morgan fingerprint density at radius 3 is 2.39 bits per heavy atom. The van der Waals surface area contributed by atoms with E-state index in [0.29, 0.717) is 5.75 Å². The molecule has 0 atom stereocenters. The molecule has 0 aromatic heterocycles. The molecule has 4 heteroatoms. The molecular weight excluding hydrogens is 248 g/mol. The molecule has 3 N–H and O–H groups in total. The third kappa shape index (κ3) is 2.90. The lowest BCUT2D eigenvalue weighted by atomic mass is 10.2. The predicted octanol–water partition coefficient (Wildman–Crippen LogP) is 3.40. The number of rotatable bonds is 3. The number of phenolic OH excluding ortho intramolecular Hbond substituents is 3. The topological polar surface area (TPSA) is 60.7 Å². The Hall–Kier alpha value is -1.81. The van der Waals surface area contributed by atoms with E-state index in [1.807, 2.05) is 19.1 Å². The Morgan fingerprint density at radius 1 is 0.944 bits per heavy atom. The van der Waals surface area contributed by atoms with Crippen molar-refractivity contribution in [2.24, 2.45) is 0 Å². The monoisotopic (exact) mass is 262 g/mol. The summed E-state index contributed by atoms with van der Waals surface area (Å²) in [7, 11) is 0. The molecule has 0 aliphatic carbocycles. The minimum Gasteiger partial charge on any atom is -0.508 e. The van der Waals surface area contributed by atoms with E-state index in [-0.39, 0.29) is 17.2 Å². The zero-order chi connectivity index (χ0) is 13.1. The lowest BCUT2D eigenvalue weighted by molar-refractivity contribution is 0.447. The average molecular weight is 262 g/mol. The summed E-state index contributed by atoms with van der Waals surface area (Å²) in [6.45, 7) is 1.92. The molecule has 3 nitrogen and oxygen atoms in total. The van der Waals surface area contributed by atoms with Crippen LogP contribution in [0.4, 0.5) is 0 Å². The second-order valence-electron chi connectivity index (χ2n) is 4.07. The first-order valence-electron chi connectivity index (χ1n) is 5.49. The van der Waals surface area contributed by atoms with E-state index in [4.69, 9.17) is 0 Å². The van der Waals surface area contributed by atoms with Crippen molar-refractivity contribution >= 4 is 11.8 Å². The summed E-state index contributed by atoms with van der Waals surface area (Å²) in [6, 6.07) is 10.0. The molecule has 0 spiro atoms. The molecule has 94 valence electrons. The Labute approximate surface area is 110 Å². The number of benzene rings is 2. The van der Waals surface area contributed by atoms with E-state index in [2.05, 4.69) is 0 Å². The molecule has 18 heavy (non-hydrogen) atoms. The van der Waals surface area contributed by atoms with Gasteiger partial charge >= 0.3 is 0 Å². The van der Waals surface area contributed by atoms with Crippen LogP contribution in [0.5, 0.6) is 17.2 Å². The summed E-state index contributed by atoms with van der Waals surface area (Å²) >= 11 is 1.44. The van der Waals surface area contributed by atoms with Crippen LogP contribution >= 0.6 is 11.8 Å². The van der Waals surface area contributed by atoms with Crippen LogP contribution in [0.15, 0.2) is 41.3 Å². The van der Waals surface area contributed by atoms with Crippen molar-refractivity contribution in [2.75, 3.05) is 0 Å². The maximum atomic E-state index is 9.76. The molecule has 0 unspecified atom stereocenters. The van der Waals surface area contributed by atoms with E-state index in [1.54, 1.807) is 12.1 Å². The SMILES string of the molecule is Cc1ccc(SCc2ccc(O)cc2O)c(O)c1. The molecule has 0 heterocycles. The van der Waals surface area contributed by atoms with Gasteiger partial charge in [-0.15, -0.1) is 11.8 Å². The van der Waals surface area contributed by atoms with E-state index >= 15 is 0 Å². The lowest BCUT2D eigenvalue weighted by Crippen LogP contribution is -1.83. The van der Waals surface area contributed by atoms with Gasteiger partial charge in [0, 0.05) is 22.3 Å². The highest BCUT2D eigenvalue weighted by Crippen LogP contribution is 2.34. The van der Waals surface area contributed by atoms with Gasteiger partial charge in [-0.1, -0.05) is 12.1 Å². The van der Waals surface area contributed by atoms with Crippen molar-refractivity contribution in [3.05, 3.63) is 47.5 Å². The maximum Gasteiger partial charge on any atom is 0.129 e. The summed E-state index contributed by atoms with van der Waals surface area (Å²) in [5.74, 6) is 0.884. The molecule has 0 amide bonds. The van der Waals surface area contributed by atoms with Crippen molar-refractivity contribution in [1.82, 2.24) is 0 Å². The maximum absolute atomic E-state index is 9.76. The number of hydrogen-bond acceptors (Lipinski definition) is 4. The minimum atomic E-state index is 0.0411. The molecule has 2 rings (SSSR count). The predicted molar refractivity (Wildman–Crippen MR) is 72.2 cm³/mol. The second kappa shape index (κ2) is 5.23. The Bertz CT molecular complexity index is 515. The van der Waals surface area contributed by atoms with Crippen molar-refractivity contribution in [1.29, 1.82) is 0 Å². The zero-order valence-corrected chi connectivity index (χ0v) is 10.7. The third-order valence-electron chi connectivity index (χ3n) is 2.57. The first-order chi connectivity index (χ1) is 8.56. The highest BCUT2D eigenvalue weighted by Gasteiger charge is 2.06. The molecule has 2 aromatic carbocycles. The van der Waals surface area contributed by atoms with E-state index in [1.165, 1.54) is 23.9 Å². The Balaban J connectivity index is 2.11. The normalized spacial score (nSPS) is 10.5. The summed E-state index contributed by atoms with van der Waals surface area (Å²) in [6.07, 6.45) is 0. The largest absolute Gasteiger partial charge is 0.508 e. The first kappa shape index (κ1) is 12.6. The quantitative estimate of drug-likeness (QED) is 0.742. The van der Waals surface area contributed by atoms with Crippen LogP contribution in [0, 0.1) is 6.92 Å². The molecular formula is C14H14O3S. The van der Waals surface area contributed by atoms with Crippen LogP contribution in [-0.4, -0.2) is 15.3 Å². The Kier molecular flexibility index (Phi) is 3.67. The van der Waals surface area contributed by atoms with Crippen LogP contribution < -0.4 is 0 Å².